The van der Waals surface area contributed by atoms with Gasteiger partial charge in [0.15, 0.2) is 0 Å². The largest absolute Gasteiger partial charge is 0.299 e. The Morgan fingerprint density at radius 3 is 3.12 bits per heavy atom. The molecule has 3 aromatic heterocycles. The van der Waals surface area contributed by atoms with Gasteiger partial charge in [-0.15, -0.1) is 11.3 Å². The second kappa shape index (κ2) is 6.83. The number of nitrogens with one attached hydrogen (secondary N) is 1. The molecule has 124 valence electrons. The minimum absolute atomic E-state index is 0.712. The molecule has 4 heterocycles. The molecule has 0 amide bonds. The second-order valence-electron chi connectivity index (χ2n) is 6.49. The normalized spacial score (nSPS) is 18.3. The molecular formula is C18H21N5S. The van der Waals surface area contributed by atoms with Gasteiger partial charge in [0.1, 0.15) is 0 Å². The molecule has 0 saturated carbocycles. The van der Waals surface area contributed by atoms with Crippen molar-refractivity contribution in [2.75, 3.05) is 13.1 Å². The van der Waals surface area contributed by atoms with Crippen LogP contribution in [0.25, 0.3) is 11.3 Å². The van der Waals surface area contributed by atoms with Crippen LogP contribution in [0, 0.1) is 12.8 Å². The van der Waals surface area contributed by atoms with E-state index in [9.17, 15) is 0 Å². The zero-order chi connectivity index (χ0) is 16.4. The lowest BCUT2D eigenvalue weighted by Gasteiger charge is -2.15. The lowest BCUT2D eigenvalue weighted by Crippen LogP contribution is -2.20. The fourth-order valence-electron chi connectivity index (χ4n) is 3.40. The van der Waals surface area contributed by atoms with E-state index in [1.165, 1.54) is 17.0 Å². The highest BCUT2D eigenvalue weighted by Crippen LogP contribution is 2.26. The van der Waals surface area contributed by atoms with E-state index in [1.54, 1.807) is 17.5 Å². The van der Waals surface area contributed by atoms with Gasteiger partial charge in [0.05, 0.1) is 16.9 Å². The molecule has 0 bridgehead atoms. The van der Waals surface area contributed by atoms with Crippen molar-refractivity contribution in [3.8, 4) is 11.3 Å². The van der Waals surface area contributed by atoms with Crippen LogP contribution in [-0.2, 0) is 13.0 Å². The summed E-state index contributed by atoms with van der Waals surface area (Å²) in [7, 11) is 0. The lowest BCUT2D eigenvalue weighted by molar-refractivity contribution is 0.317. The summed E-state index contributed by atoms with van der Waals surface area (Å²) in [5, 5.41) is 10.8. The number of aromatic amines is 1. The maximum Gasteiger partial charge on any atom is 0.0931 e. The van der Waals surface area contributed by atoms with Crippen LogP contribution in [-0.4, -0.2) is 38.2 Å². The summed E-state index contributed by atoms with van der Waals surface area (Å²) < 4.78 is 0. The third kappa shape index (κ3) is 3.39. The smallest absolute Gasteiger partial charge is 0.0931 e. The van der Waals surface area contributed by atoms with Crippen molar-refractivity contribution in [1.82, 2.24) is 25.1 Å². The maximum absolute atomic E-state index is 4.61. The molecule has 1 N–H and O–H groups in total. The molecule has 0 aliphatic carbocycles. The molecule has 1 unspecified atom stereocenters. The van der Waals surface area contributed by atoms with E-state index in [0.717, 1.165) is 43.0 Å². The molecule has 6 heteroatoms. The zero-order valence-corrected chi connectivity index (χ0v) is 14.6. The molecule has 5 nitrogen and oxygen atoms in total. The van der Waals surface area contributed by atoms with E-state index >= 15 is 0 Å². The summed E-state index contributed by atoms with van der Waals surface area (Å²) in [4.78, 5) is 11.3. The third-order valence-electron chi connectivity index (χ3n) is 4.56. The summed E-state index contributed by atoms with van der Waals surface area (Å²) in [6.07, 6.45) is 7.98. The molecule has 0 aromatic carbocycles. The summed E-state index contributed by atoms with van der Waals surface area (Å²) in [5.41, 5.74) is 4.57. The van der Waals surface area contributed by atoms with Crippen LogP contribution in [0.4, 0.5) is 0 Å². The average molecular weight is 339 g/mol. The van der Waals surface area contributed by atoms with Crippen LogP contribution < -0.4 is 0 Å². The van der Waals surface area contributed by atoms with E-state index in [4.69, 9.17) is 0 Å². The average Bonchev–Trinajstić information content (AvgIpc) is 3.32. The summed E-state index contributed by atoms with van der Waals surface area (Å²) in [5.74, 6) is 0.712. The van der Waals surface area contributed by atoms with Crippen LogP contribution in [0.5, 0.6) is 0 Å². The fraction of sp³-hybridized carbons (Fsp3) is 0.389. The zero-order valence-electron chi connectivity index (χ0n) is 13.8. The first-order valence-electron chi connectivity index (χ1n) is 8.34. The highest BCUT2D eigenvalue weighted by molar-refractivity contribution is 7.09. The van der Waals surface area contributed by atoms with Crippen LogP contribution in [0.2, 0.25) is 0 Å². The number of H-pyrrole nitrogens is 1. The van der Waals surface area contributed by atoms with Gasteiger partial charge in [-0.2, -0.15) is 5.10 Å². The van der Waals surface area contributed by atoms with E-state index in [0.29, 0.717) is 5.92 Å². The highest BCUT2D eigenvalue weighted by Gasteiger charge is 2.24. The summed E-state index contributed by atoms with van der Waals surface area (Å²) in [6, 6.07) is 4.03. The van der Waals surface area contributed by atoms with Gasteiger partial charge in [-0.3, -0.25) is 15.0 Å². The van der Waals surface area contributed by atoms with E-state index < -0.39 is 0 Å². The Labute approximate surface area is 145 Å². The predicted molar refractivity (Wildman–Crippen MR) is 95.8 cm³/mol. The number of hydrogen-bond donors (Lipinski definition) is 1. The Kier molecular flexibility index (Phi) is 4.40. The monoisotopic (exact) mass is 339 g/mol. The first kappa shape index (κ1) is 15.5. The van der Waals surface area contributed by atoms with Crippen molar-refractivity contribution in [3.05, 3.63) is 52.4 Å². The minimum atomic E-state index is 0.712. The van der Waals surface area contributed by atoms with Crippen LogP contribution in [0.1, 0.15) is 22.7 Å². The van der Waals surface area contributed by atoms with Crippen LogP contribution >= 0.6 is 11.3 Å². The number of nitrogens with zero attached hydrogens (tertiary/aromatic N) is 4. The highest BCUT2D eigenvalue weighted by atomic mass is 32.1. The molecule has 1 aliphatic heterocycles. The standard InChI is InChI=1S/C18H21N5S/c1-13-12-24-17(21-13)7-14-4-6-23(10-14)11-16-9-20-22-18(16)15-3-2-5-19-8-15/h2-3,5,8-9,12,14H,4,6-7,10-11H2,1H3,(H,20,22). The van der Waals surface area contributed by atoms with Crippen LogP contribution in [0.3, 0.4) is 0 Å². The van der Waals surface area contributed by atoms with Gasteiger partial charge in [0.25, 0.3) is 0 Å². The molecule has 0 radical (unpaired) electrons. The summed E-state index contributed by atoms with van der Waals surface area (Å²) in [6.45, 7) is 5.29. The van der Waals surface area contributed by atoms with Gasteiger partial charge >= 0.3 is 0 Å². The Balaban J connectivity index is 1.40. The first-order valence-corrected chi connectivity index (χ1v) is 9.22. The van der Waals surface area contributed by atoms with Crippen molar-refractivity contribution in [3.63, 3.8) is 0 Å². The number of aryl methyl sites for hydroxylation is 1. The molecule has 4 rings (SSSR count). The number of pyridine rings is 1. The Morgan fingerprint density at radius 2 is 2.33 bits per heavy atom. The third-order valence-corrected chi connectivity index (χ3v) is 5.55. The number of rotatable bonds is 5. The molecule has 3 aromatic rings. The van der Waals surface area contributed by atoms with Gasteiger partial charge < -0.3 is 0 Å². The summed E-state index contributed by atoms with van der Waals surface area (Å²) >= 11 is 1.79. The fourth-order valence-corrected chi connectivity index (χ4v) is 4.29. The van der Waals surface area contributed by atoms with Gasteiger partial charge in [0.2, 0.25) is 0 Å². The van der Waals surface area contributed by atoms with Gasteiger partial charge in [0, 0.05) is 54.1 Å². The molecule has 1 fully saturated rings. The Bertz CT molecular complexity index is 795. The van der Waals surface area contributed by atoms with Crippen molar-refractivity contribution in [1.29, 1.82) is 0 Å². The molecule has 1 saturated heterocycles. The van der Waals surface area contributed by atoms with Crippen LogP contribution in [0.15, 0.2) is 36.1 Å². The number of hydrogen-bond acceptors (Lipinski definition) is 5. The molecular weight excluding hydrogens is 318 g/mol. The molecule has 24 heavy (non-hydrogen) atoms. The van der Waals surface area contributed by atoms with Crippen molar-refractivity contribution in [2.24, 2.45) is 5.92 Å². The minimum Gasteiger partial charge on any atom is -0.299 e. The van der Waals surface area contributed by atoms with E-state index in [1.807, 2.05) is 18.5 Å². The quantitative estimate of drug-likeness (QED) is 0.775. The lowest BCUT2D eigenvalue weighted by atomic mass is 10.1. The Morgan fingerprint density at radius 1 is 1.38 bits per heavy atom. The number of thiazole rings is 1. The number of aromatic nitrogens is 4. The Hall–Kier alpha value is -2.05. The first-order chi connectivity index (χ1) is 11.8. The topological polar surface area (TPSA) is 57.7 Å². The van der Waals surface area contributed by atoms with Gasteiger partial charge in [-0.05, 0) is 37.9 Å². The molecule has 0 spiro atoms. The number of likely N-dealkylation sites (tertiary alicyclic amines) is 1. The van der Waals surface area contributed by atoms with Crippen molar-refractivity contribution >= 4 is 11.3 Å². The van der Waals surface area contributed by atoms with E-state index in [2.05, 4.69) is 43.4 Å². The van der Waals surface area contributed by atoms with Gasteiger partial charge in [-0.1, -0.05) is 0 Å². The molecule has 1 atom stereocenters. The molecule has 1 aliphatic rings. The van der Waals surface area contributed by atoms with Crippen molar-refractivity contribution in [2.45, 2.75) is 26.3 Å². The predicted octanol–water partition coefficient (Wildman–Crippen LogP) is 3.30. The van der Waals surface area contributed by atoms with Gasteiger partial charge in [-0.25, -0.2) is 4.98 Å². The van der Waals surface area contributed by atoms with E-state index in [-0.39, 0.29) is 0 Å². The van der Waals surface area contributed by atoms with Crippen molar-refractivity contribution < 1.29 is 0 Å². The second-order valence-corrected chi connectivity index (χ2v) is 7.43. The maximum atomic E-state index is 4.61. The SMILES string of the molecule is Cc1csc(CC2CCN(Cc3cn[nH]c3-c3cccnc3)C2)n1.